The summed E-state index contributed by atoms with van der Waals surface area (Å²) in [7, 11) is 0. The van der Waals surface area contributed by atoms with Crippen molar-refractivity contribution in [3.8, 4) is 0 Å². The van der Waals surface area contributed by atoms with E-state index in [9.17, 15) is 0 Å². The number of piperidine rings is 1. The van der Waals surface area contributed by atoms with Crippen LogP contribution in [0.4, 0.5) is 0 Å². The number of nitrogens with zero attached hydrogens (tertiary/aromatic N) is 1. The van der Waals surface area contributed by atoms with E-state index in [1.54, 1.807) is 0 Å². The van der Waals surface area contributed by atoms with Crippen LogP contribution in [0.15, 0.2) is 29.3 Å². The molecule has 1 heterocycles. The summed E-state index contributed by atoms with van der Waals surface area (Å²) in [6, 6.07) is 8.60. The van der Waals surface area contributed by atoms with Gasteiger partial charge in [-0.3, -0.25) is 4.99 Å². The lowest BCUT2D eigenvalue weighted by atomic mass is 10.1. The minimum absolute atomic E-state index is 0.391. The Hall–Kier alpha value is -1.35. The number of nitrogens with two attached hydrogens (primary N) is 1. The molecule has 3 heteroatoms. The number of aryl methyl sites for hydroxylation is 1. The van der Waals surface area contributed by atoms with Gasteiger partial charge in [0.1, 0.15) is 5.84 Å². The van der Waals surface area contributed by atoms with Gasteiger partial charge >= 0.3 is 0 Å². The van der Waals surface area contributed by atoms with Crippen LogP contribution < -0.4 is 11.1 Å². The Morgan fingerprint density at radius 3 is 2.50 bits per heavy atom. The Kier molecular flexibility index (Phi) is 3.57. The molecule has 3 N–H and O–H groups in total. The third-order valence-electron chi connectivity index (χ3n) is 2.98. The van der Waals surface area contributed by atoms with E-state index < -0.39 is 0 Å². The van der Waals surface area contributed by atoms with Gasteiger partial charge in [0, 0.05) is 5.56 Å². The number of hydrogen-bond donors (Lipinski definition) is 2. The minimum atomic E-state index is 0.391. The van der Waals surface area contributed by atoms with Crippen LogP contribution in [0.2, 0.25) is 0 Å². The fourth-order valence-corrected chi connectivity index (χ4v) is 1.93. The molecule has 0 saturated carbocycles. The summed E-state index contributed by atoms with van der Waals surface area (Å²) in [5.74, 6) is 0.673. The number of benzene rings is 1. The molecule has 1 aromatic carbocycles. The van der Waals surface area contributed by atoms with E-state index in [4.69, 9.17) is 5.73 Å². The molecule has 0 spiro atoms. The average Bonchev–Trinajstić information content (AvgIpc) is 2.31. The summed E-state index contributed by atoms with van der Waals surface area (Å²) < 4.78 is 0. The van der Waals surface area contributed by atoms with Crippen molar-refractivity contribution >= 4 is 5.84 Å². The maximum absolute atomic E-state index is 6.01. The number of hydrogen-bond acceptors (Lipinski definition) is 2. The van der Waals surface area contributed by atoms with Gasteiger partial charge in [-0.25, -0.2) is 0 Å². The first-order valence-electron chi connectivity index (χ1n) is 5.87. The molecule has 0 amide bonds. The maximum Gasteiger partial charge on any atom is 0.125 e. The molecule has 86 valence electrons. The van der Waals surface area contributed by atoms with Gasteiger partial charge < -0.3 is 11.1 Å². The monoisotopic (exact) mass is 217 g/mol. The molecule has 0 aromatic heterocycles. The first-order chi connectivity index (χ1) is 7.75. The Morgan fingerprint density at radius 1 is 1.25 bits per heavy atom. The van der Waals surface area contributed by atoms with E-state index in [1.165, 1.54) is 5.56 Å². The molecule has 2 rings (SSSR count). The molecular weight excluding hydrogens is 198 g/mol. The molecule has 0 bridgehead atoms. The zero-order chi connectivity index (χ0) is 11.4. The van der Waals surface area contributed by atoms with Crippen molar-refractivity contribution < 1.29 is 0 Å². The van der Waals surface area contributed by atoms with Gasteiger partial charge in [-0.1, -0.05) is 29.8 Å². The second-order valence-corrected chi connectivity index (χ2v) is 4.36. The third kappa shape index (κ3) is 2.83. The zero-order valence-corrected chi connectivity index (χ0v) is 9.74. The highest BCUT2D eigenvalue weighted by Crippen LogP contribution is 2.09. The second kappa shape index (κ2) is 5.12. The van der Waals surface area contributed by atoms with Crippen LogP contribution in [-0.2, 0) is 0 Å². The first kappa shape index (κ1) is 11.1. The van der Waals surface area contributed by atoms with Gasteiger partial charge in [-0.15, -0.1) is 0 Å². The van der Waals surface area contributed by atoms with Crippen LogP contribution in [0.25, 0.3) is 0 Å². The normalized spacial score (nSPS) is 18.7. The Bertz CT molecular complexity index is 361. The van der Waals surface area contributed by atoms with E-state index in [2.05, 4.69) is 29.4 Å². The summed E-state index contributed by atoms with van der Waals surface area (Å²) in [5, 5.41) is 3.33. The van der Waals surface area contributed by atoms with Crippen molar-refractivity contribution in [3.05, 3.63) is 35.4 Å². The lowest BCUT2D eigenvalue weighted by Crippen LogP contribution is -2.31. The van der Waals surface area contributed by atoms with E-state index in [-0.39, 0.29) is 0 Å². The largest absolute Gasteiger partial charge is 0.383 e. The number of nitrogens with one attached hydrogen (secondary N) is 1. The summed E-state index contributed by atoms with van der Waals surface area (Å²) in [6.45, 7) is 4.18. The van der Waals surface area contributed by atoms with E-state index in [1.807, 2.05) is 12.1 Å². The molecule has 16 heavy (non-hydrogen) atoms. The molecule has 1 aliphatic heterocycles. The van der Waals surface area contributed by atoms with Crippen molar-refractivity contribution in [2.24, 2.45) is 10.7 Å². The highest BCUT2D eigenvalue weighted by molar-refractivity contribution is 5.97. The number of rotatable bonds is 2. The molecule has 3 nitrogen and oxygen atoms in total. The van der Waals surface area contributed by atoms with Crippen LogP contribution in [0.5, 0.6) is 0 Å². The minimum Gasteiger partial charge on any atom is -0.383 e. The van der Waals surface area contributed by atoms with Gasteiger partial charge in [-0.05, 0) is 32.9 Å². The van der Waals surface area contributed by atoms with Gasteiger partial charge in [0.25, 0.3) is 0 Å². The quantitative estimate of drug-likeness (QED) is 0.582. The molecule has 1 saturated heterocycles. The molecule has 0 atom stereocenters. The molecule has 1 aromatic rings. The molecule has 0 aliphatic carbocycles. The van der Waals surface area contributed by atoms with Gasteiger partial charge in [-0.2, -0.15) is 0 Å². The van der Waals surface area contributed by atoms with Crippen LogP contribution in [-0.4, -0.2) is 25.0 Å². The summed E-state index contributed by atoms with van der Waals surface area (Å²) in [4.78, 5) is 4.59. The first-order valence-corrected chi connectivity index (χ1v) is 5.87. The van der Waals surface area contributed by atoms with Crippen LogP contribution in [0.3, 0.4) is 0 Å². The Morgan fingerprint density at radius 2 is 1.88 bits per heavy atom. The second-order valence-electron chi connectivity index (χ2n) is 4.36. The van der Waals surface area contributed by atoms with E-state index in [0.29, 0.717) is 11.9 Å². The predicted molar refractivity (Wildman–Crippen MR) is 67.8 cm³/mol. The fraction of sp³-hybridized carbons (Fsp3) is 0.462. The third-order valence-corrected chi connectivity index (χ3v) is 2.98. The van der Waals surface area contributed by atoms with Gasteiger partial charge in [0.15, 0.2) is 0 Å². The molecule has 1 aliphatic rings. The van der Waals surface area contributed by atoms with Crippen molar-refractivity contribution in [2.75, 3.05) is 13.1 Å². The average molecular weight is 217 g/mol. The van der Waals surface area contributed by atoms with Crippen molar-refractivity contribution in [2.45, 2.75) is 25.8 Å². The summed E-state index contributed by atoms with van der Waals surface area (Å²) in [5.41, 5.74) is 8.29. The van der Waals surface area contributed by atoms with Crippen molar-refractivity contribution in [1.29, 1.82) is 0 Å². The lowest BCUT2D eigenvalue weighted by Gasteiger charge is -2.19. The Labute approximate surface area is 96.8 Å². The number of aliphatic imine (C=N–C) groups is 1. The van der Waals surface area contributed by atoms with Gasteiger partial charge in [0.2, 0.25) is 0 Å². The summed E-state index contributed by atoms with van der Waals surface area (Å²) >= 11 is 0. The van der Waals surface area contributed by atoms with Crippen molar-refractivity contribution in [1.82, 2.24) is 5.32 Å². The standard InChI is InChI=1S/C13H19N3/c1-10-2-4-11(5-3-10)13(14)16-12-6-8-15-9-7-12/h2-5,12,15H,6-9H2,1H3,(H2,14,16). The molecule has 0 radical (unpaired) electrons. The van der Waals surface area contributed by atoms with E-state index >= 15 is 0 Å². The predicted octanol–water partition coefficient (Wildman–Crippen LogP) is 1.45. The van der Waals surface area contributed by atoms with Gasteiger partial charge in [0.05, 0.1) is 6.04 Å². The maximum atomic E-state index is 6.01. The Balaban J connectivity index is 2.07. The van der Waals surface area contributed by atoms with Crippen LogP contribution in [0, 0.1) is 6.92 Å². The number of amidine groups is 1. The zero-order valence-electron chi connectivity index (χ0n) is 9.74. The SMILES string of the molecule is Cc1ccc(C(N)=NC2CCNCC2)cc1. The molecule has 1 fully saturated rings. The smallest absolute Gasteiger partial charge is 0.125 e. The van der Waals surface area contributed by atoms with E-state index in [0.717, 1.165) is 31.5 Å². The lowest BCUT2D eigenvalue weighted by molar-refractivity contribution is 0.459. The topological polar surface area (TPSA) is 50.4 Å². The van der Waals surface area contributed by atoms with Crippen LogP contribution >= 0.6 is 0 Å². The van der Waals surface area contributed by atoms with Crippen LogP contribution in [0.1, 0.15) is 24.0 Å². The molecular formula is C13H19N3. The fourth-order valence-electron chi connectivity index (χ4n) is 1.93. The highest BCUT2D eigenvalue weighted by atomic mass is 14.9. The summed E-state index contributed by atoms with van der Waals surface area (Å²) in [6.07, 6.45) is 2.18. The van der Waals surface area contributed by atoms with Crippen molar-refractivity contribution in [3.63, 3.8) is 0 Å². The molecule has 0 unspecified atom stereocenters. The highest BCUT2D eigenvalue weighted by Gasteiger charge is 2.12.